The van der Waals surface area contributed by atoms with E-state index in [1.165, 1.54) is 5.56 Å². The van der Waals surface area contributed by atoms with Gasteiger partial charge in [-0.25, -0.2) is 0 Å². The molecule has 2 heteroatoms. The molecular formula is C14H21ClO. The Hall–Kier alpha value is -0.530. The first kappa shape index (κ1) is 13.5. The lowest BCUT2D eigenvalue weighted by Gasteiger charge is -2.19. The lowest BCUT2D eigenvalue weighted by Crippen LogP contribution is -2.10. The van der Waals surface area contributed by atoms with Crippen molar-refractivity contribution in [1.29, 1.82) is 0 Å². The van der Waals surface area contributed by atoms with Crippen LogP contribution in [-0.4, -0.2) is 12.7 Å². The maximum absolute atomic E-state index is 6.42. The summed E-state index contributed by atoms with van der Waals surface area (Å²) in [4.78, 5) is 0. The van der Waals surface area contributed by atoms with Gasteiger partial charge in [-0.15, -0.1) is 11.6 Å². The standard InChI is InChI=1S/C14H21ClO/c1-11(2)16-10-9-12(3)14(15)13-7-5-4-6-8-13/h4-8,11-12,14H,9-10H2,1-3H3. The van der Waals surface area contributed by atoms with E-state index in [0.29, 0.717) is 12.0 Å². The zero-order valence-electron chi connectivity index (χ0n) is 10.3. The lowest BCUT2D eigenvalue weighted by molar-refractivity contribution is 0.0694. The van der Waals surface area contributed by atoms with E-state index >= 15 is 0 Å². The number of alkyl halides is 1. The number of rotatable bonds is 6. The molecule has 2 unspecified atom stereocenters. The minimum Gasteiger partial charge on any atom is -0.379 e. The van der Waals surface area contributed by atoms with E-state index in [9.17, 15) is 0 Å². The van der Waals surface area contributed by atoms with Gasteiger partial charge in [0.15, 0.2) is 0 Å². The summed E-state index contributed by atoms with van der Waals surface area (Å²) in [6.07, 6.45) is 1.30. The summed E-state index contributed by atoms with van der Waals surface area (Å²) in [6, 6.07) is 10.2. The van der Waals surface area contributed by atoms with Gasteiger partial charge in [-0.2, -0.15) is 0 Å². The highest BCUT2D eigenvalue weighted by atomic mass is 35.5. The first-order valence-electron chi connectivity index (χ1n) is 5.92. The maximum Gasteiger partial charge on any atom is 0.0611 e. The second-order valence-electron chi connectivity index (χ2n) is 4.50. The molecule has 0 aliphatic carbocycles. The van der Waals surface area contributed by atoms with Gasteiger partial charge in [0.05, 0.1) is 11.5 Å². The summed E-state index contributed by atoms with van der Waals surface area (Å²) in [5.74, 6) is 0.433. The van der Waals surface area contributed by atoms with Crippen LogP contribution in [0.5, 0.6) is 0 Å². The van der Waals surface area contributed by atoms with Gasteiger partial charge in [0.2, 0.25) is 0 Å². The second kappa shape index (κ2) is 6.93. The summed E-state index contributed by atoms with van der Waals surface area (Å²) in [7, 11) is 0. The first-order chi connectivity index (χ1) is 7.61. The first-order valence-corrected chi connectivity index (χ1v) is 6.35. The quantitative estimate of drug-likeness (QED) is 0.669. The van der Waals surface area contributed by atoms with E-state index in [-0.39, 0.29) is 5.38 Å². The molecule has 0 aromatic heterocycles. The van der Waals surface area contributed by atoms with Crippen molar-refractivity contribution in [3.8, 4) is 0 Å². The summed E-state index contributed by atoms with van der Waals surface area (Å²) < 4.78 is 5.54. The predicted octanol–water partition coefficient (Wildman–Crippen LogP) is 4.42. The molecule has 1 nitrogen and oxygen atoms in total. The van der Waals surface area contributed by atoms with Gasteiger partial charge in [0.1, 0.15) is 0 Å². The number of benzene rings is 1. The highest BCUT2D eigenvalue weighted by Gasteiger charge is 2.16. The van der Waals surface area contributed by atoms with Gasteiger partial charge in [-0.05, 0) is 31.7 Å². The highest BCUT2D eigenvalue weighted by molar-refractivity contribution is 6.20. The molecule has 1 aromatic rings. The Labute approximate surface area is 104 Å². The van der Waals surface area contributed by atoms with Crippen LogP contribution in [-0.2, 0) is 4.74 Å². The molecule has 0 bridgehead atoms. The molecule has 2 atom stereocenters. The van der Waals surface area contributed by atoms with Crippen molar-refractivity contribution in [2.75, 3.05) is 6.61 Å². The zero-order valence-corrected chi connectivity index (χ0v) is 11.1. The minimum atomic E-state index is 0.0805. The highest BCUT2D eigenvalue weighted by Crippen LogP contribution is 2.30. The fourth-order valence-corrected chi connectivity index (χ4v) is 1.87. The molecular weight excluding hydrogens is 220 g/mol. The van der Waals surface area contributed by atoms with Crippen molar-refractivity contribution < 1.29 is 4.74 Å². The molecule has 0 fully saturated rings. The Kier molecular flexibility index (Phi) is 5.86. The van der Waals surface area contributed by atoms with Gasteiger partial charge < -0.3 is 4.74 Å². The number of halogens is 1. The van der Waals surface area contributed by atoms with Crippen LogP contribution >= 0.6 is 11.6 Å². The molecule has 0 saturated heterocycles. The van der Waals surface area contributed by atoms with E-state index < -0.39 is 0 Å². The van der Waals surface area contributed by atoms with E-state index in [2.05, 4.69) is 32.9 Å². The molecule has 0 heterocycles. The van der Waals surface area contributed by atoms with Crippen LogP contribution in [0.4, 0.5) is 0 Å². The van der Waals surface area contributed by atoms with Crippen LogP contribution in [0.3, 0.4) is 0 Å². The van der Waals surface area contributed by atoms with Gasteiger partial charge in [-0.1, -0.05) is 37.3 Å². The Morgan fingerprint density at radius 3 is 2.31 bits per heavy atom. The third kappa shape index (κ3) is 4.54. The molecule has 0 aliphatic rings. The van der Waals surface area contributed by atoms with E-state index in [1.54, 1.807) is 0 Å². The Morgan fingerprint density at radius 2 is 1.75 bits per heavy atom. The normalized spacial score (nSPS) is 15.1. The van der Waals surface area contributed by atoms with Gasteiger partial charge >= 0.3 is 0 Å². The molecule has 0 aliphatic heterocycles. The fourth-order valence-electron chi connectivity index (χ4n) is 1.60. The van der Waals surface area contributed by atoms with E-state index in [4.69, 9.17) is 16.3 Å². The number of hydrogen-bond donors (Lipinski definition) is 0. The average molecular weight is 241 g/mol. The molecule has 0 spiro atoms. The van der Waals surface area contributed by atoms with Gasteiger partial charge in [0, 0.05) is 6.61 Å². The molecule has 1 aromatic carbocycles. The molecule has 0 N–H and O–H groups in total. The molecule has 16 heavy (non-hydrogen) atoms. The molecule has 1 rings (SSSR count). The van der Waals surface area contributed by atoms with E-state index in [0.717, 1.165) is 13.0 Å². The SMILES string of the molecule is CC(C)OCCC(C)C(Cl)c1ccccc1. The summed E-state index contributed by atoms with van der Waals surface area (Å²) in [5.41, 5.74) is 1.20. The topological polar surface area (TPSA) is 9.23 Å². The molecule has 90 valence electrons. The van der Waals surface area contributed by atoms with Crippen molar-refractivity contribution in [2.24, 2.45) is 5.92 Å². The largest absolute Gasteiger partial charge is 0.379 e. The Bertz CT molecular complexity index is 284. The van der Waals surface area contributed by atoms with Crippen molar-refractivity contribution >= 4 is 11.6 Å². The number of hydrogen-bond acceptors (Lipinski definition) is 1. The summed E-state index contributed by atoms with van der Waals surface area (Å²) in [6.45, 7) is 7.07. The Balaban J connectivity index is 2.39. The van der Waals surface area contributed by atoms with Gasteiger partial charge in [-0.3, -0.25) is 0 Å². The molecule has 0 radical (unpaired) electrons. The van der Waals surface area contributed by atoms with Crippen molar-refractivity contribution in [3.05, 3.63) is 35.9 Å². The lowest BCUT2D eigenvalue weighted by atomic mass is 9.98. The fraction of sp³-hybridized carbons (Fsp3) is 0.571. The average Bonchev–Trinajstić information content (AvgIpc) is 2.28. The zero-order chi connectivity index (χ0) is 12.0. The van der Waals surface area contributed by atoms with Crippen LogP contribution in [0.15, 0.2) is 30.3 Å². The van der Waals surface area contributed by atoms with Crippen LogP contribution in [0, 0.1) is 5.92 Å². The third-order valence-corrected chi connectivity index (χ3v) is 3.32. The third-order valence-electron chi connectivity index (χ3n) is 2.64. The van der Waals surface area contributed by atoms with Crippen molar-refractivity contribution in [1.82, 2.24) is 0 Å². The number of ether oxygens (including phenoxy) is 1. The summed E-state index contributed by atoms with van der Waals surface area (Å²) in [5, 5.41) is 0.0805. The van der Waals surface area contributed by atoms with Gasteiger partial charge in [0.25, 0.3) is 0 Å². The predicted molar refractivity (Wildman–Crippen MR) is 69.9 cm³/mol. The maximum atomic E-state index is 6.42. The van der Waals surface area contributed by atoms with Crippen LogP contribution in [0.2, 0.25) is 0 Å². The van der Waals surface area contributed by atoms with Crippen molar-refractivity contribution in [3.63, 3.8) is 0 Å². The second-order valence-corrected chi connectivity index (χ2v) is 4.97. The Morgan fingerprint density at radius 1 is 1.12 bits per heavy atom. The van der Waals surface area contributed by atoms with Crippen LogP contribution in [0.1, 0.15) is 38.1 Å². The smallest absolute Gasteiger partial charge is 0.0611 e. The van der Waals surface area contributed by atoms with E-state index in [1.807, 2.05) is 18.2 Å². The van der Waals surface area contributed by atoms with Crippen LogP contribution in [0.25, 0.3) is 0 Å². The minimum absolute atomic E-state index is 0.0805. The molecule has 0 saturated carbocycles. The molecule has 0 amide bonds. The van der Waals surface area contributed by atoms with Crippen LogP contribution < -0.4 is 0 Å². The van der Waals surface area contributed by atoms with Crippen molar-refractivity contribution in [2.45, 2.75) is 38.7 Å². The summed E-state index contributed by atoms with van der Waals surface area (Å²) >= 11 is 6.42. The monoisotopic (exact) mass is 240 g/mol.